The summed E-state index contributed by atoms with van der Waals surface area (Å²) in [5, 5.41) is 8.60. The van der Waals surface area contributed by atoms with Gasteiger partial charge in [0.05, 0.1) is 23.7 Å². The normalized spacial score (nSPS) is 20.9. The average molecular weight is 406 g/mol. The number of carbonyl (C=O) groups excluding carboxylic acids is 1. The second-order valence-corrected chi connectivity index (χ2v) is 7.11. The molecule has 0 radical (unpaired) electrons. The minimum Gasteiger partial charge on any atom is -0.460 e. The van der Waals surface area contributed by atoms with Crippen LogP contribution in [0.3, 0.4) is 0 Å². The van der Waals surface area contributed by atoms with Gasteiger partial charge in [0.1, 0.15) is 17.7 Å². The molecule has 0 saturated heterocycles. The van der Waals surface area contributed by atoms with E-state index in [1.54, 1.807) is 19.9 Å². The van der Waals surface area contributed by atoms with E-state index < -0.39 is 70.8 Å². The van der Waals surface area contributed by atoms with E-state index in [0.717, 1.165) is 7.11 Å². The quantitative estimate of drug-likeness (QED) is 0.305. The highest BCUT2D eigenvalue weighted by Gasteiger charge is 2.61. The molecule has 1 aliphatic carbocycles. The number of rotatable bonds is 6. The Labute approximate surface area is 158 Å². The minimum absolute atomic E-state index is 0.0988. The molecule has 1 saturated carbocycles. The summed E-state index contributed by atoms with van der Waals surface area (Å²) < 4.78 is 65.3. The van der Waals surface area contributed by atoms with Crippen molar-refractivity contribution in [3.05, 3.63) is 45.5 Å². The largest absolute Gasteiger partial charge is 0.460 e. The second-order valence-electron chi connectivity index (χ2n) is 6.70. The van der Waals surface area contributed by atoms with Gasteiger partial charge in [0.15, 0.2) is 23.3 Å². The molecule has 1 aromatic carbocycles. The monoisotopic (exact) mass is 405 g/mol. The van der Waals surface area contributed by atoms with Gasteiger partial charge in [-0.1, -0.05) is 31.5 Å². The van der Waals surface area contributed by atoms with Crippen LogP contribution in [0.2, 0.25) is 0 Å². The summed E-state index contributed by atoms with van der Waals surface area (Å²) >= 11 is 5.64. The van der Waals surface area contributed by atoms with E-state index in [-0.39, 0.29) is 5.03 Å². The first-order valence-corrected chi connectivity index (χ1v) is 8.22. The van der Waals surface area contributed by atoms with Crippen LogP contribution < -0.4 is 0 Å². The Bertz CT molecular complexity index is 819. The maximum absolute atomic E-state index is 14.0. The lowest BCUT2D eigenvalue weighted by Gasteiger charge is -2.12. The first-order valence-electron chi connectivity index (χ1n) is 7.84. The maximum atomic E-state index is 14.0. The Balaban J connectivity index is 2.18. The van der Waals surface area contributed by atoms with Crippen molar-refractivity contribution in [1.29, 1.82) is 5.26 Å². The number of nitriles is 1. The van der Waals surface area contributed by atoms with Gasteiger partial charge < -0.3 is 9.47 Å². The van der Waals surface area contributed by atoms with Crippen LogP contribution in [-0.4, -0.2) is 13.1 Å². The SMILES string of the molecule is COCc1c(F)c(F)c(COC(=O)C2C(/C=C(\Cl)C#N)C2(C)C)c(F)c1F. The van der Waals surface area contributed by atoms with Crippen molar-refractivity contribution in [3.63, 3.8) is 0 Å². The molecule has 146 valence electrons. The molecule has 0 bridgehead atoms. The number of nitrogens with zero attached hydrogens (tertiary/aromatic N) is 1. The first kappa shape index (κ1) is 21.2. The lowest BCUT2D eigenvalue weighted by atomic mass is 10.1. The highest BCUT2D eigenvalue weighted by molar-refractivity contribution is 6.31. The Morgan fingerprint density at radius 2 is 1.63 bits per heavy atom. The summed E-state index contributed by atoms with van der Waals surface area (Å²) in [7, 11) is 1.12. The third kappa shape index (κ3) is 3.94. The fourth-order valence-corrected chi connectivity index (χ4v) is 3.12. The third-order valence-electron chi connectivity index (χ3n) is 4.69. The van der Waals surface area contributed by atoms with Crippen LogP contribution in [0.1, 0.15) is 25.0 Å². The van der Waals surface area contributed by atoms with Gasteiger partial charge in [0.2, 0.25) is 0 Å². The van der Waals surface area contributed by atoms with E-state index in [9.17, 15) is 22.4 Å². The standard InChI is InChI=1S/C18H16ClF4NO3/c1-18(2)11(4-8(19)5-24)12(18)17(25)27-7-10-15(22)13(20)9(6-26-3)14(21)16(10)23/h4,11-12H,6-7H2,1-3H3/b8-4-. The van der Waals surface area contributed by atoms with Crippen molar-refractivity contribution >= 4 is 17.6 Å². The summed E-state index contributed by atoms with van der Waals surface area (Å²) in [6.07, 6.45) is 1.40. The number of esters is 1. The topological polar surface area (TPSA) is 59.3 Å². The second kappa shape index (κ2) is 7.87. The summed E-state index contributed by atoms with van der Waals surface area (Å²) in [5.74, 6) is -8.41. The van der Waals surface area contributed by atoms with Gasteiger partial charge in [-0.2, -0.15) is 5.26 Å². The average Bonchev–Trinajstić information content (AvgIpc) is 3.16. The number of halogens is 5. The van der Waals surface area contributed by atoms with Crippen molar-refractivity contribution in [2.24, 2.45) is 17.3 Å². The molecule has 4 nitrogen and oxygen atoms in total. The summed E-state index contributed by atoms with van der Waals surface area (Å²) in [5.41, 5.74) is -2.50. The molecule has 27 heavy (non-hydrogen) atoms. The van der Waals surface area contributed by atoms with Crippen LogP contribution in [0.15, 0.2) is 11.1 Å². The lowest BCUT2D eigenvalue weighted by Crippen LogP contribution is -2.15. The summed E-state index contributed by atoms with van der Waals surface area (Å²) in [4.78, 5) is 12.2. The Morgan fingerprint density at radius 3 is 2.07 bits per heavy atom. The number of benzene rings is 1. The van der Waals surface area contributed by atoms with E-state index in [1.807, 2.05) is 0 Å². The lowest BCUT2D eigenvalue weighted by molar-refractivity contribution is -0.147. The zero-order chi connectivity index (χ0) is 20.5. The Morgan fingerprint density at radius 1 is 1.15 bits per heavy atom. The maximum Gasteiger partial charge on any atom is 0.310 e. The molecule has 2 unspecified atom stereocenters. The van der Waals surface area contributed by atoms with E-state index in [2.05, 4.69) is 4.74 Å². The number of allylic oxidation sites excluding steroid dienone is 2. The van der Waals surface area contributed by atoms with Crippen molar-refractivity contribution in [2.75, 3.05) is 7.11 Å². The van der Waals surface area contributed by atoms with Gasteiger partial charge in [-0.05, 0) is 11.3 Å². The van der Waals surface area contributed by atoms with E-state index in [1.165, 1.54) is 6.08 Å². The number of ether oxygens (including phenoxy) is 2. The van der Waals surface area contributed by atoms with Crippen LogP contribution in [0.5, 0.6) is 0 Å². The molecular weight excluding hydrogens is 390 g/mol. The Hall–Kier alpha value is -2.11. The number of methoxy groups -OCH3 is 1. The van der Waals surface area contributed by atoms with Crippen LogP contribution in [0.25, 0.3) is 0 Å². The smallest absolute Gasteiger partial charge is 0.310 e. The van der Waals surface area contributed by atoms with Gasteiger partial charge in [0.25, 0.3) is 0 Å². The first-order chi connectivity index (χ1) is 12.6. The fourth-order valence-electron chi connectivity index (χ4n) is 2.99. The molecule has 1 aromatic rings. The van der Waals surface area contributed by atoms with E-state index >= 15 is 0 Å². The minimum atomic E-state index is -1.65. The molecule has 0 aliphatic heterocycles. The van der Waals surface area contributed by atoms with Gasteiger partial charge in [0, 0.05) is 7.11 Å². The van der Waals surface area contributed by atoms with Crippen molar-refractivity contribution in [3.8, 4) is 6.07 Å². The molecule has 0 heterocycles. The summed E-state index contributed by atoms with van der Waals surface area (Å²) in [6, 6.07) is 1.72. The number of hydrogen-bond acceptors (Lipinski definition) is 4. The van der Waals surface area contributed by atoms with Gasteiger partial charge in [-0.3, -0.25) is 4.79 Å². The molecule has 2 atom stereocenters. The van der Waals surface area contributed by atoms with Crippen molar-refractivity contribution in [1.82, 2.24) is 0 Å². The summed E-state index contributed by atoms with van der Waals surface area (Å²) in [6.45, 7) is 1.81. The highest BCUT2D eigenvalue weighted by atomic mass is 35.5. The number of hydrogen-bond donors (Lipinski definition) is 0. The number of carbonyl (C=O) groups is 1. The highest BCUT2D eigenvalue weighted by Crippen LogP contribution is 2.60. The molecule has 0 aromatic heterocycles. The predicted molar refractivity (Wildman–Crippen MR) is 87.1 cm³/mol. The predicted octanol–water partition coefficient (Wildman–Crippen LogP) is 4.35. The molecule has 2 rings (SSSR count). The molecule has 1 fully saturated rings. The van der Waals surface area contributed by atoms with E-state index in [4.69, 9.17) is 21.6 Å². The molecular formula is C18H16ClF4NO3. The third-order valence-corrected chi connectivity index (χ3v) is 4.90. The zero-order valence-electron chi connectivity index (χ0n) is 14.7. The molecule has 0 spiro atoms. The van der Waals surface area contributed by atoms with Crippen molar-refractivity contribution < 1.29 is 31.8 Å². The van der Waals surface area contributed by atoms with Gasteiger partial charge in [-0.25, -0.2) is 17.6 Å². The van der Waals surface area contributed by atoms with Crippen molar-refractivity contribution in [2.45, 2.75) is 27.1 Å². The molecule has 9 heteroatoms. The fraction of sp³-hybridized carbons (Fsp3) is 0.444. The molecule has 1 aliphatic rings. The van der Waals surface area contributed by atoms with Crippen LogP contribution in [0, 0.1) is 51.9 Å². The van der Waals surface area contributed by atoms with Crippen LogP contribution in [-0.2, 0) is 27.5 Å². The van der Waals surface area contributed by atoms with Crippen LogP contribution >= 0.6 is 11.6 Å². The zero-order valence-corrected chi connectivity index (χ0v) is 15.5. The van der Waals surface area contributed by atoms with Gasteiger partial charge >= 0.3 is 5.97 Å². The van der Waals surface area contributed by atoms with Gasteiger partial charge in [-0.15, -0.1) is 0 Å². The molecule has 0 N–H and O–H groups in total. The molecule has 0 amide bonds. The van der Waals surface area contributed by atoms with Crippen LogP contribution in [0.4, 0.5) is 17.6 Å². The Kier molecular flexibility index (Phi) is 6.17. The van der Waals surface area contributed by atoms with E-state index in [0.29, 0.717) is 0 Å².